The molecule has 0 atom stereocenters. The molecule has 3 aromatic rings. The molecule has 106 valence electrons. The molecule has 0 spiro atoms. The van der Waals surface area contributed by atoms with Gasteiger partial charge in [-0.05, 0) is 49.2 Å². The van der Waals surface area contributed by atoms with E-state index in [9.17, 15) is 0 Å². The van der Waals surface area contributed by atoms with E-state index >= 15 is 0 Å². The monoisotopic (exact) mass is 280 g/mol. The quantitative estimate of drug-likeness (QED) is 0.800. The van der Waals surface area contributed by atoms with Gasteiger partial charge in [0.25, 0.3) is 0 Å². The van der Waals surface area contributed by atoms with E-state index in [1.54, 1.807) is 19.5 Å². The number of ether oxygens (including phenoxy) is 1. The fourth-order valence-corrected chi connectivity index (χ4v) is 2.31. The molecule has 0 amide bonds. The Labute approximate surface area is 123 Å². The lowest BCUT2D eigenvalue weighted by Gasteiger charge is -2.10. The molecule has 0 aliphatic carbocycles. The smallest absolute Gasteiger partial charge is 0.122 e. The summed E-state index contributed by atoms with van der Waals surface area (Å²) in [5, 5.41) is 11.2. The first kappa shape index (κ1) is 13.3. The maximum absolute atomic E-state index is 5.44. The molecule has 0 unspecified atom stereocenters. The minimum Gasteiger partial charge on any atom is -0.496 e. The van der Waals surface area contributed by atoms with Crippen LogP contribution in [0.1, 0.15) is 11.1 Å². The van der Waals surface area contributed by atoms with E-state index in [1.807, 2.05) is 25.1 Å². The van der Waals surface area contributed by atoms with Crippen LogP contribution >= 0.6 is 0 Å². The number of nitrogens with one attached hydrogen (secondary N) is 1. The van der Waals surface area contributed by atoms with Gasteiger partial charge in [-0.25, -0.2) is 0 Å². The van der Waals surface area contributed by atoms with Crippen molar-refractivity contribution in [2.24, 2.45) is 0 Å². The van der Waals surface area contributed by atoms with Gasteiger partial charge >= 0.3 is 0 Å². The summed E-state index contributed by atoms with van der Waals surface area (Å²) in [5.74, 6) is 0.852. The second-order valence-electron chi connectivity index (χ2n) is 4.88. The Morgan fingerprint density at radius 2 is 1.81 bits per heavy atom. The van der Waals surface area contributed by atoms with Gasteiger partial charge in [-0.3, -0.25) is 4.98 Å². The number of hydrogen-bond acceptors (Lipinski definition) is 4. The second-order valence-corrected chi connectivity index (χ2v) is 4.88. The lowest BCUT2D eigenvalue weighted by molar-refractivity contribution is 0.411. The summed E-state index contributed by atoms with van der Waals surface area (Å²) in [4.78, 5) is 4.13. The molecular weight excluding hydrogens is 264 g/mol. The number of aromatic nitrogens is 4. The summed E-state index contributed by atoms with van der Waals surface area (Å²) in [6.45, 7) is 4.11. The lowest BCUT2D eigenvalue weighted by atomic mass is 10.0. The molecule has 0 aliphatic heterocycles. The van der Waals surface area contributed by atoms with Crippen molar-refractivity contribution in [3.63, 3.8) is 0 Å². The predicted molar refractivity (Wildman–Crippen MR) is 81.1 cm³/mol. The highest BCUT2D eigenvalue weighted by Gasteiger charge is 2.15. The minimum absolute atomic E-state index is 0.786. The van der Waals surface area contributed by atoms with Crippen LogP contribution in [0.5, 0.6) is 5.75 Å². The topological polar surface area (TPSA) is 63.7 Å². The van der Waals surface area contributed by atoms with Crippen LogP contribution in [0.3, 0.4) is 0 Å². The van der Waals surface area contributed by atoms with Crippen LogP contribution in [-0.2, 0) is 0 Å². The second kappa shape index (κ2) is 5.36. The van der Waals surface area contributed by atoms with E-state index in [-0.39, 0.29) is 0 Å². The van der Waals surface area contributed by atoms with Crippen LogP contribution in [0.25, 0.3) is 22.5 Å². The van der Waals surface area contributed by atoms with Crippen LogP contribution in [0.15, 0.2) is 36.7 Å². The third kappa shape index (κ3) is 2.38. The molecule has 1 aromatic carbocycles. The Kier molecular flexibility index (Phi) is 3.39. The highest BCUT2D eigenvalue weighted by molar-refractivity contribution is 5.78. The number of rotatable bonds is 3. The fraction of sp³-hybridized carbons (Fsp3) is 0.188. The number of nitrogens with zero attached hydrogens (tertiary/aromatic N) is 3. The minimum atomic E-state index is 0.786. The molecule has 5 heteroatoms. The zero-order valence-electron chi connectivity index (χ0n) is 12.2. The summed E-state index contributed by atoms with van der Waals surface area (Å²) < 4.78 is 5.44. The SMILES string of the molecule is COc1cc(-c2n[nH]nc2-c2cccnc2)cc(C)c1C. The Balaban J connectivity index is 2.15. The van der Waals surface area contributed by atoms with E-state index < -0.39 is 0 Å². The van der Waals surface area contributed by atoms with E-state index in [4.69, 9.17) is 4.74 Å². The zero-order valence-corrected chi connectivity index (χ0v) is 12.2. The number of H-pyrrole nitrogens is 1. The van der Waals surface area contributed by atoms with E-state index in [0.29, 0.717) is 0 Å². The van der Waals surface area contributed by atoms with Crippen molar-refractivity contribution in [3.8, 4) is 28.3 Å². The van der Waals surface area contributed by atoms with Crippen molar-refractivity contribution < 1.29 is 4.74 Å². The highest BCUT2D eigenvalue weighted by Crippen LogP contribution is 2.33. The summed E-state index contributed by atoms with van der Waals surface area (Å²) in [6, 6.07) is 7.93. The van der Waals surface area contributed by atoms with Gasteiger partial charge in [0.05, 0.1) is 7.11 Å². The summed E-state index contributed by atoms with van der Waals surface area (Å²) in [5.41, 5.74) is 5.77. The molecule has 1 N–H and O–H groups in total. The fourth-order valence-electron chi connectivity index (χ4n) is 2.31. The number of hydrogen-bond donors (Lipinski definition) is 1. The molecule has 0 saturated heterocycles. The molecule has 0 aliphatic rings. The molecule has 2 heterocycles. The van der Waals surface area contributed by atoms with Crippen LogP contribution < -0.4 is 4.74 Å². The van der Waals surface area contributed by atoms with E-state index in [0.717, 1.165) is 39.4 Å². The van der Waals surface area contributed by atoms with Crippen molar-refractivity contribution in [2.45, 2.75) is 13.8 Å². The zero-order chi connectivity index (χ0) is 14.8. The van der Waals surface area contributed by atoms with Crippen LogP contribution in [0.4, 0.5) is 0 Å². The lowest BCUT2D eigenvalue weighted by Crippen LogP contribution is -1.93. The predicted octanol–water partition coefficient (Wildman–Crippen LogP) is 3.16. The number of aryl methyl sites for hydroxylation is 1. The average molecular weight is 280 g/mol. The normalized spacial score (nSPS) is 10.6. The van der Waals surface area contributed by atoms with Gasteiger partial charge in [0.1, 0.15) is 17.1 Å². The average Bonchev–Trinajstić information content (AvgIpc) is 3.00. The van der Waals surface area contributed by atoms with Gasteiger partial charge in [-0.2, -0.15) is 15.4 Å². The Bertz CT molecular complexity index is 765. The number of pyridine rings is 1. The van der Waals surface area contributed by atoms with Crippen molar-refractivity contribution in [1.82, 2.24) is 20.4 Å². The Morgan fingerprint density at radius 3 is 2.48 bits per heavy atom. The third-order valence-corrected chi connectivity index (χ3v) is 3.60. The maximum Gasteiger partial charge on any atom is 0.122 e. The van der Waals surface area contributed by atoms with Gasteiger partial charge in [0, 0.05) is 23.5 Å². The molecule has 0 saturated carbocycles. The van der Waals surface area contributed by atoms with Crippen molar-refractivity contribution in [3.05, 3.63) is 47.8 Å². The highest BCUT2D eigenvalue weighted by atomic mass is 16.5. The van der Waals surface area contributed by atoms with Gasteiger partial charge in [0.15, 0.2) is 0 Å². The Hall–Kier alpha value is -2.69. The summed E-state index contributed by atoms with van der Waals surface area (Å²) >= 11 is 0. The number of benzene rings is 1. The van der Waals surface area contributed by atoms with Gasteiger partial charge < -0.3 is 4.74 Å². The molecular formula is C16H16N4O. The van der Waals surface area contributed by atoms with Crippen LogP contribution in [-0.4, -0.2) is 27.5 Å². The molecule has 2 aromatic heterocycles. The first-order chi connectivity index (χ1) is 10.2. The molecule has 0 radical (unpaired) electrons. The first-order valence-corrected chi connectivity index (χ1v) is 6.67. The molecule has 21 heavy (non-hydrogen) atoms. The van der Waals surface area contributed by atoms with Gasteiger partial charge in [-0.15, -0.1) is 0 Å². The van der Waals surface area contributed by atoms with Crippen molar-refractivity contribution in [1.29, 1.82) is 0 Å². The van der Waals surface area contributed by atoms with Crippen LogP contribution in [0.2, 0.25) is 0 Å². The molecule has 0 fully saturated rings. The molecule has 3 rings (SSSR count). The first-order valence-electron chi connectivity index (χ1n) is 6.67. The van der Waals surface area contributed by atoms with Gasteiger partial charge in [0.2, 0.25) is 0 Å². The maximum atomic E-state index is 5.44. The van der Waals surface area contributed by atoms with Crippen molar-refractivity contribution >= 4 is 0 Å². The third-order valence-electron chi connectivity index (χ3n) is 3.60. The van der Waals surface area contributed by atoms with E-state index in [2.05, 4.69) is 33.4 Å². The van der Waals surface area contributed by atoms with Gasteiger partial charge in [-0.1, -0.05) is 0 Å². The molecule has 5 nitrogen and oxygen atoms in total. The van der Waals surface area contributed by atoms with Crippen LogP contribution in [0, 0.1) is 13.8 Å². The largest absolute Gasteiger partial charge is 0.496 e. The summed E-state index contributed by atoms with van der Waals surface area (Å²) in [7, 11) is 1.68. The number of methoxy groups -OCH3 is 1. The summed E-state index contributed by atoms with van der Waals surface area (Å²) in [6.07, 6.45) is 3.52. The number of aromatic amines is 1. The Morgan fingerprint density at radius 1 is 1.05 bits per heavy atom. The van der Waals surface area contributed by atoms with E-state index in [1.165, 1.54) is 0 Å². The van der Waals surface area contributed by atoms with Crippen molar-refractivity contribution in [2.75, 3.05) is 7.11 Å². The molecule has 0 bridgehead atoms. The standard InChI is InChI=1S/C16H16N4O/c1-10-7-13(8-14(21-3)11(10)2)16-15(18-20-19-16)12-5-4-6-17-9-12/h4-9H,1-3H3,(H,18,19,20).